The van der Waals surface area contributed by atoms with E-state index in [4.69, 9.17) is 0 Å². The minimum atomic E-state index is -0.576. The van der Waals surface area contributed by atoms with Crippen molar-refractivity contribution in [1.29, 1.82) is 0 Å². The molecular formula is C43H53NOS2. The zero-order chi connectivity index (χ0) is 33.1. The maximum Gasteiger partial charge on any atom is 0.141 e. The Labute approximate surface area is 292 Å². The zero-order valence-electron chi connectivity index (χ0n) is 28.9. The number of aldehydes is 1. The van der Waals surface area contributed by atoms with Crippen LogP contribution in [0, 0.1) is 11.8 Å². The normalized spacial score (nSPS) is 17.3. The maximum absolute atomic E-state index is 12.6. The molecule has 4 aromatic rings. The van der Waals surface area contributed by atoms with Gasteiger partial charge in [0.25, 0.3) is 0 Å². The van der Waals surface area contributed by atoms with Gasteiger partial charge in [-0.2, -0.15) is 0 Å². The van der Waals surface area contributed by atoms with Crippen LogP contribution in [0.2, 0.25) is 0 Å². The third kappa shape index (κ3) is 8.89. The molecule has 0 aliphatic carbocycles. The summed E-state index contributed by atoms with van der Waals surface area (Å²) in [4.78, 5) is 17.4. The van der Waals surface area contributed by atoms with Crippen LogP contribution < -0.4 is 4.90 Å². The Morgan fingerprint density at radius 1 is 0.723 bits per heavy atom. The van der Waals surface area contributed by atoms with E-state index in [-0.39, 0.29) is 0 Å². The first-order valence-corrected chi connectivity index (χ1v) is 19.7. The number of rotatable bonds is 18. The van der Waals surface area contributed by atoms with Gasteiger partial charge in [-0.05, 0) is 95.6 Å². The molecule has 0 N–H and O–H groups in total. The second-order valence-corrected chi connectivity index (χ2v) is 15.6. The number of hydrogen-bond donors (Lipinski definition) is 0. The second kappa shape index (κ2) is 17.4. The average molecular weight is 664 g/mol. The van der Waals surface area contributed by atoms with Gasteiger partial charge in [0.1, 0.15) is 11.0 Å². The van der Waals surface area contributed by atoms with Gasteiger partial charge in [0, 0.05) is 26.8 Å². The highest BCUT2D eigenvalue weighted by Crippen LogP contribution is 2.53. The van der Waals surface area contributed by atoms with Crippen LogP contribution in [0.5, 0.6) is 0 Å². The van der Waals surface area contributed by atoms with E-state index in [0.717, 1.165) is 53.6 Å². The van der Waals surface area contributed by atoms with Gasteiger partial charge in [-0.3, -0.25) is 0 Å². The molecule has 0 amide bonds. The SMILES string of the molecule is CCCCC(CC)Cc1ccc(N(c2ccc(CC(CC)CCCC)cc2)c2ccc(C3(C=O)CC=C(c4cccs4)S3)cc2)cc1. The molecule has 4 heteroatoms. The maximum atomic E-state index is 12.6. The van der Waals surface area contributed by atoms with Crippen molar-refractivity contribution >= 4 is 51.4 Å². The average Bonchev–Trinajstić information content (AvgIpc) is 3.82. The number of benzene rings is 3. The lowest BCUT2D eigenvalue weighted by Crippen LogP contribution is -2.20. The number of carbonyl (C=O) groups is 1. The van der Waals surface area contributed by atoms with Gasteiger partial charge in [-0.25, -0.2) is 0 Å². The Balaban J connectivity index is 1.42. The molecule has 0 fully saturated rings. The van der Waals surface area contributed by atoms with Crippen LogP contribution in [0.15, 0.2) is 96.4 Å². The van der Waals surface area contributed by atoms with E-state index in [1.54, 1.807) is 23.1 Å². The monoisotopic (exact) mass is 663 g/mol. The molecule has 0 bridgehead atoms. The summed E-state index contributed by atoms with van der Waals surface area (Å²) in [5.74, 6) is 1.49. The summed E-state index contributed by atoms with van der Waals surface area (Å²) in [5, 5.41) is 2.10. The van der Waals surface area contributed by atoms with Crippen molar-refractivity contribution in [2.45, 2.75) is 103 Å². The Morgan fingerprint density at radius 3 is 1.66 bits per heavy atom. The van der Waals surface area contributed by atoms with E-state index in [1.165, 1.54) is 72.3 Å². The first-order chi connectivity index (χ1) is 23.0. The summed E-state index contributed by atoms with van der Waals surface area (Å²) in [6.07, 6.45) is 16.6. The molecule has 2 heterocycles. The van der Waals surface area contributed by atoms with E-state index >= 15 is 0 Å². The first-order valence-electron chi connectivity index (χ1n) is 18.0. The summed E-state index contributed by atoms with van der Waals surface area (Å²) in [5.41, 5.74) is 7.32. The highest BCUT2D eigenvalue weighted by atomic mass is 32.2. The second-order valence-electron chi connectivity index (χ2n) is 13.3. The third-order valence-corrected chi connectivity index (χ3v) is 12.5. The number of nitrogens with zero attached hydrogens (tertiary/aromatic N) is 1. The van der Waals surface area contributed by atoms with Gasteiger partial charge in [0.2, 0.25) is 0 Å². The molecule has 47 heavy (non-hydrogen) atoms. The summed E-state index contributed by atoms with van der Waals surface area (Å²) >= 11 is 3.43. The van der Waals surface area contributed by atoms with Crippen LogP contribution >= 0.6 is 23.1 Å². The van der Waals surface area contributed by atoms with E-state index < -0.39 is 4.75 Å². The number of allylic oxidation sites excluding steroid dienone is 1. The molecule has 0 spiro atoms. The predicted octanol–water partition coefficient (Wildman–Crippen LogP) is 13.3. The van der Waals surface area contributed by atoms with Crippen LogP contribution in [-0.2, 0) is 22.4 Å². The molecule has 248 valence electrons. The molecular weight excluding hydrogens is 611 g/mol. The van der Waals surface area contributed by atoms with Crippen LogP contribution in [0.25, 0.3) is 4.91 Å². The van der Waals surface area contributed by atoms with Crippen molar-refractivity contribution in [3.05, 3.63) is 118 Å². The van der Waals surface area contributed by atoms with Crippen LogP contribution in [0.4, 0.5) is 17.1 Å². The highest BCUT2D eigenvalue weighted by molar-refractivity contribution is 8.10. The minimum Gasteiger partial charge on any atom is -0.311 e. The van der Waals surface area contributed by atoms with Crippen LogP contribution in [0.3, 0.4) is 0 Å². The van der Waals surface area contributed by atoms with Gasteiger partial charge in [-0.1, -0.05) is 128 Å². The fraction of sp³-hybridized carbons (Fsp3) is 0.419. The molecule has 3 unspecified atom stereocenters. The van der Waals surface area contributed by atoms with Gasteiger partial charge >= 0.3 is 0 Å². The van der Waals surface area contributed by atoms with Crippen LogP contribution in [0.1, 0.15) is 107 Å². The number of thioether (sulfide) groups is 1. The van der Waals surface area contributed by atoms with Crippen molar-refractivity contribution in [3.63, 3.8) is 0 Å². The quantitative estimate of drug-likeness (QED) is 0.0988. The lowest BCUT2D eigenvalue weighted by atomic mass is 9.91. The topological polar surface area (TPSA) is 20.3 Å². The van der Waals surface area contributed by atoms with E-state index in [9.17, 15) is 4.79 Å². The molecule has 0 saturated carbocycles. The minimum absolute atomic E-state index is 0.576. The zero-order valence-corrected chi connectivity index (χ0v) is 30.6. The Hall–Kier alpha value is -3.08. The molecule has 1 aliphatic rings. The number of anilines is 3. The van der Waals surface area contributed by atoms with Crippen LogP contribution in [-0.4, -0.2) is 6.29 Å². The van der Waals surface area contributed by atoms with Crippen molar-refractivity contribution in [2.24, 2.45) is 11.8 Å². The smallest absolute Gasteiger partial charge is 0.141 e. The molecule has 3 aromatic carbocycles. The number of unbranched alkanes of at least 4 members (excludes halogenated alkanes) is 2. The Kier molecular flexibility index (Phi) is 13.0. The lowest BCUT2D eigenvalue weighted by molar-refractivity contribution is -0.109. The summed E-state index contributed by atoms with van der Waals surface area (Å²) in [7, 11) is 0. The molecule has 0 radical (unpaired) electrons. The summed E-state index contributed by atoms with van der Waals surface area (Å²) in [6, 6.07) is 31.4. The largest absolute Gasteiger partial charge is 0.311 e. The van der Waals surface area contributed by atoms with Crippen molar-refractivity contribution in [2.75, 3.05) is 4.90 Å². The molecule has 2 nitrogen and oxygen atoms in total. The third-order valence-electron chi connectivity index (χ3n) is 9.98. The summed E-state index contributed by atoms with van der Waals surface area (Å²) in [6.45, 7) is 9.23. The first kappa shape index (κ1) is 35.2. The number of hydrogen-bond acceptors (Lipinski definition) is 4. The van der Waals surface area contributed by atoms with Crippen molar-refractivity contribution in [3.8, 4) is 0 Å². The van der Waals surface area contributed by atoms with Gasteiger partial charge < -0.3 is 9.69 Å². The van der Waals surface area contributed by atoms with Crippen molar-refractivity contribution < 1.29 is 4.79 Å². The van der Waals surface area contributed by atoms with Gasteiger partial charge in [-0.15, -0.1) is 23.1 Å². The van der Waals surface area contributed by atoms with E-state index in [1.807, 2.05) is 0 Å². The molecule has 0 saturated heterocycles. The van der Waals surface area contributed by atoms with E-state index in [2.05, 4.69) is 129 Å². The number of carbonyl (C=O) groups excluding carboxylic acids is 1. The fourth-order valence-electron chi connectivity index (χ4n) is 6.87. The Bertz CT molecular complexity index is 1480. The fourth-order valence-corrected chi connectivity index (χ4v) is 8.99. The predicted molar refractivity (Wildman–Crippen MR) is 207 cm³/mol. The summed E-state index contributed by atoms with van der Waals surface area (Å²) < 4.78 is -0.576. The lowest BCUT2D eigenvalue weighted by Gasteiger charge is -2.28. The number of thiophene rings is 1. The molecule has 5 rings (SSSR count). The standard InChI is InChI=1S/C43H53NOS2/c1-5-9-12-33(7-3)30-35-15-21-38(22-16-35)44(39-23-17-36(18-24-39)31-34(8-4)13-10-6-2)40-25-19-37(20-26-40)43(32-45)28-27-42(47-43)41-14-11-29-46-41/h11,14-27,29,32-34H,5-10,12-13,28,30-31H2,1-4H3. The molecule has 1 aliphatic heterocycles. The van der Waals surface area contributed by atoms with Crippen molar-refractivity contribution in [1.82, 2.24) is 0 Å². The molecule has 1 aromatic heterocycles. The van der Waals surface area contributed by atoms with Gasteiger partial charge in [0.15, 0.2) is 0 Å². The Morgan fingerprint density at radius 2 is 1.23 bits per heavy atom. The highest BCUT2D eigenvalue weighted by Gasteiger charge is 2.38. The van der Waals surface area contributed by atoms with Gasteiger partial charge in [0.05, 0.1) is 0 Å². The van der Waals surface area contributed by atoms with E-state index in [0.29, 0.717) is 6.42 Å². The molecule has 3 atom stereocenters.